The number of fused-ring (bicyclic) bond motifs is 1. The second kappa shape index (κ2) is 7.78. The molecule has 7 heteroatoms. The van der Waals surface area contributed by atoms with Gasteiger partial charge in [0.05, 0.1) is 6.33 Å². The first kappa shape index (κ1) is 15.5. The Labute approximate surface area is 125 Å². The van der Waals surface area contributed by atoms with Crippen LogP contribution in [-0.2, 0) is 0 Å². The highest BCUT2D eigenvalue weighted by Gasteiger charge is 2.09. The van der Waals surface area contributed by atoms with E-state index in [1.165, 1.54) is 0 Å². The van der Waals surface area contributed by atoms with E-state index < -0.39 is 0 Å². The van der Waals surface area contributed by atoms with Crippen LogP contribution in [-0.4, -0.2) is 57.6 Å². The Bertz CT molecular complexity index is 547. The van der Waals surface area contributed by atoms with E-state index in [1.807, 2.05) is 0 Å². The Morgan fingerprint density at radius 1 is 1.10 bits per heavy atom. The number of aromatic nitrogens is 4. The van der Waals surface area contributed by atoms with Crippen molar-refractivity contribution in [2.45, 2.75) is 27.2 Å². The summed E-state index contributed by atoms with van der Waals surface area (Å²) in [7, 11) is 0. The van der Waals surface area contributed by atoms with Crippen molar-refractivity contribution in [2.75, 3.05) is 43.4 Å². The van der Waals surface area contributed by atoms with E-state index in [9.17, 15) is 0 Å². The molecular weight excluding hydrogens is 266 g/mol. The van der Waals surface area contributed by atoms with Gasteiger partial charge in [0, 0.05) is 19.6 Å². The summed E-state index contributed by atoms with van der Waals surface area (Å²) < 4.78 is 0. The maximum absolute atomic E-state index is 4.54. The molecule has 0 aliphatic carbocycles. The van der Waals surface area contributed by atoms with Gasteiger partial charge < -0.3 is 20.5 Å². The standard InChI is InChI=1S/C14H25N7/c1-4-7-16-14-19-12(11-13(20-14)18-10-17-11)15-8-9-21(5-2)6-3/h10H,4-9H2,1-3H3,(H3,15,16,17,18,19,20). The molecule has 0 radical (unpaired) electrons. The predicted molar refractivity (Wildman–Crippen MR) is 86.7 cm³/mol. The Balaban J connectivity index is 2.07. The molecule has 0 saturated carbocycles. The molecule has 0 aliphatic heterocycles. The summed E-state index contributed by atoms with van der Waals surface area (Å²) in [6, 6.07) is 0. The lowest BCUT2D eigenvalue weighted by molar-refractivity contribution is 0.316. The van der Waals surface area contributed by atoms with E-state index >= 15 is 0 Å². The normalized spacial score (nSPS) is 11.2. The fourth-order valence-electron chi connectivity index (χ4n) is 2.15. The number of nitrogens with one attached hydrogen (secondary N) is 3. The van der Waals surface area contributed by atoms with E-state index in [0.717, 1.165) is 50.5 Å². The molecule has 0 saturated heterocycles. The maximum atomic E-state index is 4.54. The van der Waals surface area contributed by atoms with Gasteiger partial charge >= 0.3 is 0 Å². The first-order valence-electron chi connectivity index (χ1n) is 7.69. The van der Waals surface area contributed by atoms with Crippen LogP contribution in [0.2, 0.25) is 0 Å². The van der Waals surface area contributed by atoms with E-state index in [4.69, 9.17) is 0 Å². The lowest BCUT2D eigenvalue weighted by atomic mass is 10.4. The van der Waals surface area contributed by atoms with Crippen LogP contribution in [0.5, 0.6) is 0 Å². The highest BCUT2D eigenvalue weighted by Crippen LogP contribution is 2.18. The van der Waals surface area contributed by atoms with Crippen LogP contribution in [0.15, 0.2) is 6.33 Å². The third-order valence-corrected chi connectivity index (χ3v) is 3.43. The largest absolute Gasteiger partial charge is 0.367 e. The minimum atomic E-state index is 0.627. The van der Waals surface area contributed by atoms with Crippen LogP contribution in [0.4, 0.5) is 11.8 Å². The number of rotatable bonds is 9. The first-order valence-corrected chi connectivity index (χ1v) is 7.69. The number of H-pyrrole nitrogens is 1. The van der Waals surface area contributed by atoms with Crippen LogP contribution >= 0.6 is 0 Å². The summed E-state index contributed by atoms with van der Waals surface area (Å²) in [6.45, 7) is 11.3. The van der Waals surface area contributed by atoms with Crippen molar-refractivity contribution < 1.29 is 0 Å². The highest BCUT2D eigenvalue weighted by atomic mass is 15.2. The molecule has 0 spiro atoms. The van der Waals surface area contributed by atoms with Crippen LogP contribution in [0.3, 0.4) is 0 Å². The molecular formula is C14H25N7. The zero-order valence-electron chi connectivity index (χ0n) is 13.1. The summed E-state index contributed by atoms with van der Waals surface area (Å²) in [5.74, 6) is 1.44. The van der Waals surface area contributed by atoms with Gasteiger partial charge in [0.15, 0.2) is 11.5 Å². The third-order valence-electron chi connectivity index (χ3n) is 3.43. The third kappa shape index (κ3) is 4.04. The number of nitrogens with zero attached hydrogens (tertiary/aromatic N) is 4. The quantitative estimate of drug-likeness (QED) is 0.655. The predicted octanol–water partition coefficient (Wildman–Crippen LogP) is 1.93. The van der Waals surface area contributed by atoms with Gasteiger partial charge in [-0.25, -0.2) is 4.98 Å². The van der Waals surface area contributed by atoms with Crippen LogP contribution in [0, 0.1) is 0 Å². The number of aromatic amines is 1. The molecule has 3 N–H and O–H groups in total. The second-order valence-electron chi connectivity index (χ2n) is 4.88. The number of likely N-dealkylation sites (N-methyl/N-ethyl adjacent to an activating group) is 1. The minimum Gasteiger partial charge on any atom is -0.367 e. The Morgan fingerprint density at radius 2 is 1.90 bits per heavy atom. The molecule has 0 bridgehead atoms. The number of imidazole rings is 1. The topological polar surface area (TPSA) is 81.8 Å². The fraction of sp³-hybridized carbons (Fsp3) is 0.643. The summed E-state index contributed by atoms with van der Waals surface area (Å²) in [4.78, 5) is 18.6. The van der Waals surface area contributed by atoms with Crippen LogP contribution < -0.4 is 10.6 Å². The first-order chi connectivity index (χ1) is 10.3. The average molecular weight is 291 g/mol. The smallest absolute Gasteiger partial charge is 0.226 e. The Hall–Kier alpha value is -1.89. The van der Waals surface area contributed by atoms with E-state index in [2.05, 4.69) is 56.2 Å². The lowest BCUT2D eigenvalue weighted by Crippen LogP contribution is -2.28. The molecule has 2 aromatic heterocycles. The summed E-state index contributed by atoms with van der Waals surface area (Å²) in [5, 5.41) is 6.60. The summed E-state index contributed by atoms with van der Waals surface area (Å²) >= 11 is 0. The number of anilines is 2. The summed E-state index contributed by atoms with van der Waals surface area (Å²) in [5.41, 5.74) is 1.55. The van der Waals surface area contributed by atoms with Gasteiger partial charge in [0.25, 0.3) is 0 Å². The Kier molecular flexibility index (Phi) is 5.74. The van der Waals surface area contributed by atoms with Crippen LogP contribution in [0.1, 0.15) is 27.2 Å². The van der Waals surface area contributed by atoms with Crippen molar-refractivity contribution in [2.24, 2.45) is 0 Å². The maximum Gasteiger partial charge on any atom is 0.226 e. The summed E-state index contributed by atoms with van der Waals surface area (Å²) in [6.07, 6.45) is 2.69. The van der Waals surface area contributed by atoms with Crippen molar-refractivity contribution in [3.8, 4) is 0 Å². The van der Waals surface area contributed by atoms with Gasteiger partial charge in [-0.05, 0) is 19.5 Å². The molecule has 21 heavy (non-hydrogen) atoms. The molecule has 2 aromatic rings. The van der Waals surface area contributed by atoms with Crippen molar-refractivity contribution in [1.29, 1.82) is 0 Å². The number of hydrogen-bond donors (Lipinski definition) is 3. The molecule has 116 valence electrons. The van der Waals surface area contributed by atoms with Crippen molar-refractivity contribution in [3.05, 3.63) is 6.33 Å². The van der Waals surface area contributed by atoms with Crippen molar-refractivity contribution >= 4 is 22.9 Å². The SMILES string of the molecule is CCCNc1nc(NCCN(CC)CC)c2[nH]cnc2n1. The van der Waals surface area contributed by atoms with Crippen LogP contribution in [0.25, 0.3) is 11.2 Å². The zero-order valence-corrected chi connectivity index (χ0v) is 13.1. The molecule has 0 unspecified atom stereocenters. The van der Waals surface area contributed by atoms with Gasteiger partial charge in [-0.15, -0.1) is 0 Å². The second-order valence-corrected chi connectivity index (χ2v) is 4.88. The molecule has 0 amide bonds. The minimum absolute atomic E-state index is 0.627. The van der Waals surface area contributed by atoms with Gasteiger partial charge in [-0.1, -0.05) is 20.8 Å². The lowest BCUT2D eigenvalue weighted by Gasteiger charge is -2.18. The zero-order chi connectivity index (χ0) is 15.1. The molecule has 0 aromatic carbocycles. The van der Waals surface area contributed by atoms with Gasteiger partial charge in [0.1, 0.15) is 5.52 Å². The monoisotopic (exact) mass is 291 g/mol. The van der Waals surface area contributed by atoms with Crippen molar-refractivity contribution in [1.82, 2.24) is 24.8 Å². The van der Waals surface area contributed by atoms with E-state index in [-0.39, 0.29) is 0 Å². The van der Waals surface area contributed by atoms with Gasteiger partial charge in [0.2, 0.25) is 5.95 Å². The highest BCUT2D eigenvalue weighted by molar-refractivity contribution is 5.83. The molecule has 2 heterocycles. The number of hydrogen-bond acceptors (Lipinski definition) is 6. The fourth-order valence-corrected chi connectivity index (χ4v) is 2.15. The van der Waals surface area contributed by atoms with Crippen molar-refractivity contribution in [3.63, 3.8) is 0 Å². The Morgan fingerprint density at radius 3 is 2.62 bits per heavy atom. The van der Waals surface area contributed by atoms with E-state index in [0.29, 0.717) is 11.6 Å². The van der Waals surface area contributed by atoms with E-state index in [1.54, 1.807) is 6.33 Å². The molecule has 7 nitrogen and oxygen atoms in total. The molecule has 2 rings (SSSR count). The van der Waals surface area contributed by atoms with Gasteiger partial charge in [-0.3, -0.25) is 0 Å². The molecule has 0 atom stereocenters. The molecule has 0 fully saturated rings. The van der Waals surface area contributed by atoms with Gasteiger partial charge in [-0.2, -0.15) is 9.97 Å². The molecule has 0 aliphatic rings. The average Bonchev–Trinajstić information content (AvgIpc) is 2.98.